The Morgan fingerprint density at radius 3 is 2.90 bits per heavy atom. The maximum Gasteiger partial charge on any atom is 0.266 e. The van der Waals surface area contributed by atoms with Gasteiger partial charge in [-0.15, -0.1) is 22.7 Å². The number of aromatic amines is 1. The molecular formula is C14H9NO3S2. The van der Waals surface area contributed by atoms with E-state index in [0.29, 0.717) is 9.20 Å². The van der Waals surface area contributed by atoms with E-state index in [-0.39, 0.29) is 17.1 Å². The van der Waals surface area contributed by atoms with Gasteiger partial charge in [-0.3, -0.25) is 9.59 Å². The fourth-order valence-electron chi connectivity index (χ4n) is 1.64. The summed E-state index contributed by atoms with van der Waals surface area (Å²) in [5.41, 5.74) is -0.193. The molecule has 100 valence electrons. The lowest BCUT2D eigenvalue weighted by atomic mass is 10.3. The molecule has 0 aliphatic heterocycles. The summed E-state index contributed by atoms with van der Waals surface area (Å²) in [5.74, 6) is -0.0155. The number of thiazole rings is 1. The summed E-state index contributed by atoms with van der Waals surface area (Å²) >= 11 is 2.80. The standard InChI is InChI=1S/C14H9NO3S2/c16-10(11-4-1-5-18-11)8-13-15-14(17)12(20-13)7-9-3-2-6-19-9/h1-8H,(H,15,17)/b12-7+,13-8+. The molecule has 0 aliphatic rings. The van der Waals surface area contributed by atoms with E-state index in [1.165, 1.54) is 23.7 Å². The molecule has 0 aliphatic carbocycles. The zero-order valence-electron chi connectivity index (χ0n) is 10.2. The molecule has 0 fully saturated rings. The molecule has 0 radical (unpaired) electrons. The maximum absolute atomic E-state index is 11.8. The van der Waals surface area contributed by atoms with E-state index in [0.717, 1.165) is 4.88 Å². The highest BCUT2D eigenvalue weighted by Gasteiger charge is 2.05. The van der Waals surface area contributed by atoms with Crippen LogP contribution in [0.3, 0.4) is 0 Å². The average Bonchev–Trinajstić information content (AvgIpc) is 3.14. The smallest absolute Gasteiger partial charge is 0.266 e. The summed E-state index contributed by atoms with van der Waals surface area (Å²) in [6.45, 7) is 0. The van der Waals surface area contributed by atoms with Gasteiger partial charge in [0, 0.05) is 11.0 Å². The maximum atomic E-state index is 11.8. The van der Waals surface area contributed by atoms with Gasteiger partial charge in [0.2, 0.25) is 5.78 Å². The topological polar surface area (TPSA) is 63.1 Å². The summed E-state index contributed by atoms with van der Waals surface area (Å²) in [6.07, 6.45) is 4.62. The molecule has 3 rings (SSSR count). The zero-order valence-corrected chi connectivity index (χ0v) is 11.8. The van der Waals surface area contributed by atoms with E-state index in [2.05, 4.69) is 4.98 Å². The molecule has 3 aromatic rings. The number of hydrogen-bond acceptors (Lipinski definition) is 5. The summed E-state index contributed by atoms with van der Waals surface area (Å²) < 4.78 is 6.10. The van der Waals surface area contributed by atoms with Crippen molar-refractivity contribution < 1.29 is 9.21 Å². The molecule has 0 atom stereocenters. The van der Waals surface area contributed by atoms with Crippen LogP contribution < -0.4 is 14.8 Å². The van der Waals surface area contributed by atoms with E-state index in [1.54, 1.807) is 23.5 Å². The first-order chi connectivity index (χ1) is 9.72. The third-order valence-electron chi connectivity index (χ3n) is 2.52. The number of aromatic nitrogens is 1. The molecule has 3 aromatic heterocycles. The van der Waals surface area contributed by atoms with Crippen LogP contribution in [0.25, 0.3) is 12.2 Å². The Balaban J connectivity index is 2.01. The third-order valence-corrected chi connectivity index (χ3v) is 4.31. The van der Waals surface area contributed by atoms with Gasteiger partial charge in [0.05, 0.1) is 15.5 Å². The lowest BCUT2D eigenvalue weighted by Crippen LogP contribution is -2.19. The Kier molecular flexibility index (Phi) is 3.49. The highest BCUT2D eigenvalue weighted by molar-refractivity contribution is 7.11. The van der Waals surface area contributed by atoms with Crippen molar-refractivity contribution in [1.29, 1.82) is 0 Å². The van der Waals surface area contributed by atoms with Gasteiger partial charge in [-0.2, -0.15) is 0 Å². The second kappa shape index (κ2) is 5.44. The summed E-state index contributed by atoms with van der Waals surface area (Å²) in [5, 5.41) is 1.95. The van der Waals surface area contributed by atoms with E-state index in [1.807, 2.05) is 23.6 Å². The first-order valence-corrected chi connectivity index (χ1v) is 7.46. The van der Waals surface area contributed by atoms with Crippen molar-refractivity contribution in [3.63, 3.8) is 0 Å². The largest absolute Gasteiger partial charge is 0.461 e. The molecule has 20 heavy (non-hydrogen) atoms. The Labute approximate surface area is 121 Å². The van der Waals surface area contributed by atoms with Crippen LogP contribution in [0.5, 0.6) is 0 Å². The lowest BCUT2D eigenvalue weighted by Gasteiger charge is -1.84. The minimum atomic E-state index is -0.268. The molecule has 6 heteroatoms. The van der Waals surface area contributed by atoms with Crippen molar-refractivity contribution in [2.45, 2.75) is 0 Å². The number of carbonyl (C=O) groups is 1. The molecule has 0 aromatic carbocycles. The number of Topliss-reactive ketones (excluding diaryl/α,β-unsaturated/α-hetero) is 1. The highest BCUT2D eigenvalue weighted by atomic mass is 32.1. The molecule has 0 spiro atoms. The van der Waals surface area contributed by atoms with Crippen molar-refractivity contribution in [3.8, 4) is 0 Å². The molecule has 0 saturated heterocycles. The fourth-order valence-corrected chi connectivity index (χ4v) is 3.24. The number of H-pyrrole nitrogens is 1. The number of thiophene rings is 1. The Morgan fingerprint density at radius 2 is 2.20 bits per heavy atom. The van der Waals surface area contributed by atoms with Crippen LogP contribution in [-0.2, 0) is 0 Å². The minimum absolute atomic E-state index is 0.193. The van der Waals surface area contributed by atoms with E-state index in [4.69, 9.17) is 4.42 Å². The van der Waals surface area contributed by atoms with Crippen molar-refractivity contribution in [1.82, 2.24) is 4.98 Å². The molecule has 0 unspecified atom stereocenters. The van der Waals surface area contributed by atoms with Crippen LogP contribution in [-0.4, -0.2) is 10.8 Å². The summed E-state index contributed by atoms with van der Waals surface area (Å²) in [7, 11) is 0. The minimum Gasteiger partial charge on any atom is -0.461 e. The van der Waals surface area contributed by atoms with Crippen LogP contribution in [0, 0.1) is 0 Å². The number of ketones is 1. The van der Waals surface area contributed by atoms with Crippen molar-refractivity contribution in [3.05, 3.63) is 66.1 Å². The lowest BCUT2D eigenvalue weighted by molar-refractivity contribution is 0.103. The van der Waals surface area contributed by atoms with Crippen molar-refractivity contribution in [2.75, 3.05) is 0 Å². The second-order valence-corrected chi connectivity index (χ2v) is 5.99. The number of nitrogens with one attached hydrogen (secondary N) is 1. The Morgan fingerprint density at radius 1 is 1.30 bits per heavy atom. The van der Waals surface area contributed by atoms with Gasteiger partial charge in [-0.25, -0.2) is 0 Å². The van der Waals surface area contributed by atoms with Crippen LogP contribution in [0.4, 0.5) is 0 Å². The first-order valence-electron chi connectivity index (χ1n) is 5.76. The fraction of sp³-hybridized carbons (Fsp3) is 0. The van der Waals surface area contributed by atoms with Crippen LogP contribution in [0.2, 0.25) is 0 Å². The van der Waals surface area contributed by atoms with Gasteiger partial charge in [0.15, 0.2) is 5.76 Å². The van der Waals surface area contributed by atoms with Crippen molar-refractivity contribution >= 4 is 40.6 Å². The van der Waals surface area contributed by atoms with Gasteiger partial charge in [0.25, 0.3) is 5.56 Å². The second-order valence-electron chi connectivity index (χ2n) is 3.93. The molecule has 4 nitrogen and oxygen atoms in total. The Hall–Kier alpha value is -2.18. The monoisotopic (exact) mass is 303 g/mol. The van der Waals surface area contributed by atoms with Crippen LogP contribution in [0.1, 0.15) is 15.4 Å². The SMILES string of the molecule is O=C(/C=c1\[nH]c(=O)/c(=C\c2cccs2)s1)c1ccco1. The van der Waals surface area contributed by atoms with Crippen LogP contribution >= 0.6 is 22.7 Å². The molecule has 0 amide bonds. The van der Waals surface area contributed by atoms with Crippen molar-refractivity contribution in [2.24, 2.45) is 0 Å². The van der Waals surface area contributed by atoms with Crippen LogP contribution in [0.15, 0.2) is 45.1 Å². The summed E-state index contributed by atoms with van der Waals surface area (Å²) in [6, 6.07) is 7.09. The van der Waals surface area contributed by atoms with Gasteiger partial charge in [0.1, 0.15) is 0 Å². The van der Waals surface area contributed by atoms with Gasteiger partial charge in [-0.1, -0.05) is 6.07 Å². The molecule has 0 bridgehead atoms. The third kappa shape index (κ3) is 2.71. The molecule has 0 saturated carbocycles. The highest BCUT2D eigenvalue weighted by Crippen LogP contribution is 2.08. The quantitative estimate of drug-likeness (QED) is 0.747. The predicted molar refractivity (Wildman–Crippen MR) is 79.6 cm³/mol. The molecular weight excluding hydrogens is 294 g/mol. The summed E-state index contributed by atoms with van der Waals surface area (Å²) in [4.78, 5) is 27.3. The normalized spacial score (nSPS) is 13.0. The number of furan rings is 1. The van der Waals surface area contributed by atoms with Gasteiger partial charge >= 0.3 is 0 Å². The molecule has 1 N–H and O–H groups in total. The number of rotatable bonds is 3. The number of carbonyl (C=O) groups excluding carboxylic acids is 1. The van der Waals surface area contributed by atoms with E-state index < -0.39 is 0 Å². The van der Waals surface area contributed by atoms with E-state index >= 15 is 0 Å². The van der Waals surface area contributed by atoms with Gasteiger partial charge < -0.3 is 9.40 Å². The first kappa shape index (κ1) is 12.8. The molecule has 3 heterocycles. The Bertz CT molecular complexity index is 883. The van der Waals surface area contributed by atoms with Gasteiger partial charge in [-0.05, 0) is 29.7 Å². The average molecular weight is 303 g/mol. The zero-order chi connectivity index (χ0) is 13.9. The number of hydrogen-bond donors (Lipinski definition) is 1. The predicted octanol–water partition coefficient (Wildman–Crippen LogP) is 1.58. The van der Waals surface area contributed by atoms with E-state index in [9.17, 15) is 9.59 Å².